The number of amides is 2. The van der Waals surface area contributed by atoms with Gasteiger partial charge in [-0.1, -0.05) is 66.0 Å². The van der Waals surface area contributed by atoms with Crippen LogP contribution >= 0.6 is 35.0 Å². The minimum Gasteiger partial charge on any atom is -0.350 e. The molecule has 2 rings (SSSR count). The molecule has 2 amide bonds. The van der Waals surface area contributed by atoms with Gasteiger partial charge in [-0.25, -0.2) is 0 Å². The highest BCUT2D eigenvalue weighted by Crippen LogP contribution is 2.25. The van der Waals surface area contributed by atoms with Gasteiger partial charge < -0.3 is 10.2 Å². The van der Waals surface area contributed by atoms with Crippen molar-refractivity contribution in [3.8, 4) is 0 Å². The van der Waals surface area contributed by atoms with Gasteiger partial charge in [0.25, 0.3) is 0 Å². The molecular formula is C25H32Cl2N2O2S. The van der Waals surface area contributed by atoms with Crippen molar-refractivity contribution in [2.75, 3.05) is 5.75 Å². The van der Waals surface area contributed by atoms with E-state index in [9.17, 15) is 9.59 Å². The number of rotatable bonds is 9. The summed E-state index contributed by atoms with van der Waals surface area (Å²) < 4.78 is 0. The van der Waals surface area contributed by atoms with E-state index in [1.54, 1.807) is 11.0 Å². The molecule has 2 aromatic carbocycles. The number of halogens is 2. The first-order chi connectivity index (χ1) is 15.0. The van der Waals surface area contributed by atoms with Crippen molar-refractivity contribution in [3.05, 3.63) is 69.2 Å². The molecule has 0 aromatic heterocycles. The van der Waals surface area contributed by atoms with E-state index in [0.717, 1.165) is 16.7 Å². The quantitative estimate of drug-likeness (QED) is 0.447. The summed E-state index contributed by atoms with van der Waals surface area (Å²) in [7, 11) is 0. The van der Waals surface area contributed by atoms with E-state index in [4.69, 9.17) is 23.2 Å². The highest BCUT2D eigenvalue weighted by molar-refractivity contribution is 7.99. The van der Waals surface area contributed by atoms with Gasteiger partial charge in [-0.2, -0.15) is 0 Å². The first-order valence-corrected chi connectivity index (χ1v) is 12.6. The predicted molar refractivity (Wildman–Crippen MR) is 136 cm³/mol. The molecule has 0 aliphatic carbocycles. The topological polar surface area (TPSA) is 49.4 Å². The maximum atomic E-state index is 13.3. The number of nitrogens with one attached hydrogen (secondary N) is 1. The van der Waals surface area contributed by atoms with Crippen LogP contribution in [0.4, 0.5) is 0 Å². The molecule has 0 bridgehead atoms. The van der Waals surface area contributed by atoms with E-state index in [0.29, 0.717) is 28.8 Å². The number of hydrogen-bond acceptors (Lipinski definition) is 3. The minimum absolute atomic E-state index is 0.0625. The Hall–Kier alpha value is -1.69. The Morgan fingerprint density at radius 2 is 1.78 bits per heavy atom. The van der Waals surface area contributed by atoms with Gasteiger partial charge in [0.2, 0.25) is 11.8 Å². The molecule has 174 valence electrons. The van der Waals surface area contributed by atoms with E-state index < -0.39 is 6.04 Å². The van der Waals surface area contributed by atoms with Gasteiger partial charge in [0.1, 0.15) is 6.04 Å². The van der Waals surface area contributed by atoms with Gasteiger partial charge >= 0.3 is 0 Å². The smallest absolute Gasteiger partial charge is 0.243 e. The normalized spacial score (nSPS) is 12.3. The van der Waals surface area contributed by atoms with Gasteiger partial charge in [0, 0.05) is 17.8 Å². The maximum Gasteiger partial charge on any atom is 0.243 e. The summed E-state index contributed by atoms with van der Waals surface area (Å²) >= 11 is 13.6. The number of thioether (sulfide) groups is 1. The summed E-state index contributed by atoms with van der Waals surface area (Å²) in [6.45, 7) is 10.2. The molecule has 0 saturated heterocycles. The molecule has 1 N–H and O–H groups in total. The van der Waals surface area contributed by atoms with E-state index in [1.807, 2.05) is 65.0 Å². The molecule has 0 spiro atoms. The van der Waals surface area contributed by atoms with Crippen molar-refractivity contribution < 1.29 is 9.59 Å². The number of hydrogen-bond donors (Lipinski definition) is 1. The maximum absolute atomic E-state index is 13.3. The zero-order valence-electron chi connectivity index (χ0n) is 19.4. The first-order valence-electron chi connectivity index (χ1n) is 10.7. The van der Waals surface area contributed by atoms with Crippen LogP contribution < -0.4 is 5.32 Å². The lowest BCUT2D eigenvalue weighted by molar-refractivity contribution is -0.140. The number of benzene rings is 2. The lowest BCUT2D eigenvalue weighted by Crippen LogP contribution is -2.53. The molecule has 0 fully saturated rings. The summed E-state index contributed by atoms with van der Waals surface area (Å²) in [5, 5.41) is 4.04. The van der Waals surface area contributed by atoms with Crippen molar-refractivity contribution in [1.29, 1.82) is 0 Å². The van der Waals surface area contributed by atoms with Crippen LogP contribution in [0.5, 0.6) is 0 Å². The molecule has 0 radical (unpaired) electrons. The van der Waals surface area contributed by atoms with Crippen LogP contribution in [-0.4, -0.2) is 34.0 Å². The second kappa shape index (κ2) is 12.0. The molecule has 1 atom stereocenters. The highest BCUT2D eigenvalue weighted by Gasteiger charge is 2.30. The van der Waals surface area contributed by atoms with Crippen molar-refractivity contribution in [2.24, 2.45) is 0 Å². The Morgan fingerprint density at radius 1 is 1.06 bits per heavy atom. The van der Waals surface area contributed by atoms with Crippen molar-refractivity contribution in [3.63, 3.8) is 0 Å². The predicted octanol–water partition coefficient (Wildman–Crippen LogP) is 6.26. The van der Waals surface area contributed by atoms with Crippen LogP contribution in [0.2, 0.25) is 10.0 Å². The summed E-state index contributed by atoms with van der Waals surface area (Å²) in [6.07, 6.45) is 0.539. The lowest BCUT2D eigenvalue weighted by Gasteiger charge is -2.33. The molecule has 32 heavy (non-hydrogen) atoms. The second-order valence-electron chi connectivity index (χ2n) is 8.92. The molecule has 7 heteroatoms. The third-order valence-electron chi connectivity index (χ3n) is 4.80. The van der Waals surface area contributed by atoms with E-state index >= 15 is 0 Å². The second-order valence-corrected chi connectivity index (χ2v) is 10.7. The van der Waals surface area contributed by atoms with Gasteiger partial charge in [-0.15, -0.1) is 11.8 Å². The van der Waals surface area contributed by atoms with Crippen LogP contribution in [0.25, 0.3) is 0 Å². The molecule has 0 saturated carbocycles. The fraction of sp³-hybridized carbons (Fsp3) is 0.440. The molecular weight excluding hydrogens is 463 g/mol. The Labute approximate surface area is 206 Å². The highest BCUT2D eigenvalue weighted by atomic mass is 35.5. The minimum atomic E-state index is -0.534. The van der Waals surface area contributed by atoms with Gasteiger partial charge in [-0.3, -0.25) is 9.59 Å². The van der Waals surface area contributed by atoms with Crippen LogP contribution in [0.1, 0.15) is 50.8 Å². The van der Waals surface area contributed by atoms with Crippen LogP contribution in [0, 0.1) is 6.92 Å². The largest absolute Gasteiger partial charge is 0.350 e. The van der Waals surface area contributed by atoms with E-state index in [1.165, 1.54) is 11.8 Å². The van der Waals surface area contributed by atoms with Gasteiger partial charge in [0.15, 0.2) is 0 Å². The van der Waals surface area contributed by atoms with Crippen molar-refractivity contribution in [2.45, 2.75) is 64.9 Å². The Morgan fingerprint density at radius 3 is 2.38 bits per heavy atom. The summed E-state index contributed by atoms with van der Waals surface area (Å²) in [5.74, 6) is 0.708. The van der Waals surface area contributed by atoms with Gasteiger partial charge in [-0.05, 0) is 57.4 Å². The molecule has 0 aliphatic heterocycles. The van der Waals surface area contributed by atoms with Crippen LogP contribution in [0.15, 0.2) is 42.5 Å². The van der Waals surface area contributed by atoms with E-state index in [-0.39, 0.29) is 23.1 Å². The molecule has 0 aliphatic rings. The molecule has 4 nitrogen and oxygen atoms in total. The molecule has 0 unspecified atom stereocenters. The van der Waals surface area contributed by atoms with Crippen molar-refractivity contribution >= 4 is 46.8 Å². The monoisotopic (exact) mass is 494 g/mol. The van der Waals surface area contributed by atoms with Crippen molar-refractivity contribution in [1.82, 2.24) is 10.2 Å². The lowest BCUT2D eigenvalue weighted by atomic mass is 10.1. The number of carbonyl (C=O) groups excluding carboxylic acids is 2. The van der Waals surface area contributed by atoms with E-state index in [2.05, 4.69) is 11.4 Å². The summed E-state index contributed by atoms with van der Waals surface area (Å²) in [5.41, 5.74) is 2.76. The number of carbonyl (C=O) groups is 2. The Balaban J connectivity index is 2.16. The number of aryl methyl sites for hydroxylation is 1. The molecule has 0 heterocycles. The Kier molecular flexibility index (Phi) is 9.93. The Bertz CT molecular complexity index is 944. The fourth-order valence-corrected chi connectivity index (χ4v) is 4.53. The first kappa shape index (κ1) is 26.6. The standard InChI is InChI=1S/C25H32Cl2N2O2S/c1-6-22(24(31)28-25(3,4)5)29(14-18-9-7-8-17(2)12-18)23(30)16-32-15-19-10-11-20(26)21(27)13-19/h7-13,22H,6,14-16H2,1-5H3,(H,28,31)/t22-/m0/s1. The SMILES string of the molecule is CC[C@@H](C(=O)NC(C)(C)C)N(Cc1cccc(C)c1)C(=O)CSCc1ccc(Cl)c(Cl)c1. The number of nitrogens with zero attached hydrogens (tertiary/aromatic N) is 1. The zero-order chi connectivity index (χ0) is 23.9. The van der Waals surface area contributed by atoms with Crippen LogP contribution in [-0.2, 0) is 21.9 Å². The zero-order valence-corrected chi connectivity index (χ0v) is 21.7. The summed E-state index contributed by atoms with van der Waals surface area (Å²) in [6, 6.07) is 13.0. The van der Waals surface area contributed by atoms with Crippen LogP contribution in [0.3, 0.4) is 0 Å². The molecule has 2 aromatic rings. The average Bonchev–Trinajstić information content (AvgIpc) is 2.69. The summed E-state index contributed by atoms with van der Waals surface area (Å²) in [4.78, 5) is 28.0. The third kappa shape index (κ3) is 8.34. The average molecular weight is 496 g/mol. The fourth-order valence-electron chi connectivity index (χ4n) is 3.35. The van der Waals surface area contributed by atoms with Gasteiger partial charge in [0.05, 0.1) is 15.8 Å². The third-order valence-corrected chi connectivity index (χ3v) is 6.53.